The molecular formula is C14H20FNO2. The maximum Gasteiger partial charge on any atom is 0.303 e. The lowest BCUT2D eigenvalue weighted by Gasteiger charge is -2.16. The third-order valence-electron chi connectivity index (χ3n) is 2.77. The zero-order valence-corrected chi connectivity index (χ0v) is 10.7. The van der Waals surface area contributed by atoms with Crippen LogP contribution in [0.2, 0.25) is 0 Å². The normalized spacial score (nSPS) is 10.8. The Labute approximate surface area is 107 Å². The van der Waals surface area contributed by atoms with Crippen molar-refractivity contribution in [3.05, 3.63) is 35.6 Å². The van der Waals surface area contributed by atoms with Crippen LogP contribution in [0.3, 0.4) is 0 Å². The number of carboxylic acid groups (broad SMARTS) is 1. The Kier molecular flexibility index (Phi) is 6.36. The van der Waals surface area contributed by atoms with Crippen molar-refractivity contribution in [2.24, 2.45) is 0 Å². The molecule has 0 unspecified atom stereocenters. The van der Waals surface area contributed by atoms with E-state index in [4.69, 9.17) is 5.11 Å². The van der Waals surface area contributed by atoms with Crippen LogP contribution < -0.4 is 0 Å². The number of benzene rings is 1. The Hall–Kier alpha value is -1.42. The minimum atomic E-state index is -0.733. The van der Waals surface area contributed by atoms with Gasteiger partial charge in [-0.3, -0.25) is 4.79 Å². The van der Waals surface area contributed by atoms with Gasteiger partial charge in [-0.05, 0) is 44.1 Å². The molecule has 3 nitrogen and oxygen atoms in total. The van der Waals surface area contributed by atoms with Crippen LogP contribution in [0.25, 0.3) is 0 Å². The highest BCUT2D eigenvalue weighted by Crippen LogP contribution is 2.07. The topological polar surface area (TPSA) is 40.5 Å². The molecule has 0 amide bonds. The van der Waals surface area contributed by atoms with E-state index in [9.17, 15) is 9.18 Å². The number of halogens is 1. The van der Waals surface area contributed by atoms with E-state index in [1.54, 1.807) is 12.1 Å². The van der Waals surface area contributed by atoms with E-state index >= 15 is 0 Å². The molecule has 0 saturated carbocycles. The summed E-state index contributed by atoms with van der Waals surface area (Å²) < 4.78 is 13.0. The highest BCUT2D eigenvalue weighted by Gasteiger charge is 2.02. The van der Waals surface area contributed by atoms with Gasteiger partial charge in [-0.25, -0.2) is 4.39 Å². The minimum absolute atomic E-state index is 0.206. The first-order valence-electron chi connectivity index (χ1n) is 6.22. The summed E-state index contributed by atoms with van der Waals surface area (Å²) in [6, 6.07) is 6.60. The van der Waals surface area contributed by atoms with Gasteiger partial charge >= 0.3 is 5.97 Å². The van der Waals surface area contributed by atoms with Gasteiger partial charge in [-0.2, -0.15) is 0 Å². The molecule has 0 heterocycles. The maximum absolute atomic E-state index is 13.0. The van der Waals surface area contributed by atoms with Crippen LogP contribution in [0.5, 0.6) is 0 Å². The number of nitrogens with zero attached hydrogens (tertiary/aromatic N) is 1. The van der Waals surface area contributed by atoms with E-state index in [0.29, 0.717) is 0 Å². The fourth-order valence-corrected chi connectivity index (χ4v) is 1.86. The largest absolute Gasteiger partial charge is 0.481 e. The van der Waals surface area contributed by atoms with Crippen molar-refractivity contribution >= 4 is 5.97 Å². The first-order chi connectivity index (χ1) is 8.58. The number of aliphatic carboxylic acids is 1. The van der Waals surface area contributed by atoms with Gasteiger partial charge in [-0.1, -0.05) is 18.6 Å². The average Bonchev–Trinajstić information content (AvgIpc) is 2.28. The van der Waals surface area contributed by atoms with Crippen molar-refractivity contribution < 1.29 is 14.3 Å². The van der Waals surface area contributed by atoms with E-state index in [2.05, 4.69) is 4.90 Å². The summed E-state index contributed by atoms with van der Waals surface area (Å²) in [5.74, 6) is -0.939. The first kappa shape index (κ1) is 14.6. The molecule has 100 valence electrons. The molecule has 1 N–H and O–H groups in total. The van der Waals surface area contributed by atoms with E-state index in [0.717, 1.165) is 37.9 Å². The molecular weight excluding hydrogens is 233 g/mol. The van der Waals surface area contributed by atoms with Gasteiger partial charge in [0.25, 0.3) is 0 Å². The fraction of sp³-hybridized carbons (Fsp3) is 0.500. The molecule has 1 rings (SSSR count). The molecule has 0 aromatic heterocycles. The first-order valence-corrected chi connectivity index (χ1v) is 6.22. The summed E-state index contributed by atoms with van der Waals surface area (Å²) in [6.45, 7) is 1.62. The van der Waals surface area contributed by atoms with Gasteiger partial charge in [-0.15, -0.1) is 0 Å². The van der Waals surface area contributed by atoms with E-state index in [-0.39, 0.29) is 12.2 Å². The molecule has 0 atom stereocenters. The lowest BCUT2D eigenvalue weighted by molar-refractivity contribution is -0.137. The standard InChI is InChI=1S/C14H20FNO2/c1-16(9-4-2-3-8-14(17)18)11-12-6-5-7-13(15)10-12/h5-7,10H,2-4,8-9,11H2,1H3,(H,17,18). The molecule has 0 aliphatic rings. The molecule has 0 aliphatic heterocycles. The summed E-state index contributed by atoms with van der Waals surface area (Å²) >= 11 is 0. The molecule has 1 aromatic rings. The van der Waals surface area contributed by atoms with Gasteiger partial charge in [0, 0.05) is 13.0 Å². The zero-order valence-electron chi connectivity index (χ0n) is 10.7. The summed E-state index contributed by atoms with van der Waals surface area (Å²) in [5.41, 5.74) is 0.961. The lowest BCUT2D eigenvalue weighted by Crippen LogP contribution is -2.19. The summed E-state index contributed by atoms with van der Waals surface area (Å²) in [7, 11) is 1.99. The molecule has 0 fully saturated rings. The van der Waals surface area contributed by atoms with Crippen molar-refractivity contribution in [3.8, 4) is 0 Å². The highest BCUT2D eigenvalue weighted by atomic mass is 19.1. The van der Waals surface area contributed by atoms with Crippen LogP contribution in [0.15, 0.2) is 24.3 Å². The number of carboxylic acids is 1. The lowest BCUT2D eigenvalue weighted by atomic mass is 10.1. The number of hydrogen-bond acceptors (Lipinski definition) is 2. The fourth-order valence-electron chi connectivity index (χ4n) is 1.86. The van der Waals surface area contributed by atoms with Crippen LogP contribution in [0.1, 0.15) is 31.2 Å². The molecule has 0 spiro atoms. The smallest absolute Gasteiger partial charge is 0.303 e. The Morgan fingerprint density at radius 2 is 2.11 bits per heavy atom. The Balaban J connectivity index is 2.17. The molecule has 0 saturated heterocycles. The second-order valence-electron chi connectivity index (χ2n) is 4.57. The van der Waals surface area contributed by atoms with Gasteiger partial charge in [0.05, 0.1) is 0 Å². The molecule has 0 bridgehead atoms. The van der Waals surface area contributed by atoms with Crippen LogP contribution in [-0.2, 0) is 11.3 Å². The highest BCUT2D eigenvalue weighted by molar-refractivity contribution is 5.66. The quantitative estimate of drug-likeness (QED) is 0.724. The number of rotatable bonds is 8. The Morgan fingerprint density at radius 1 is 1.33 bits per heavy atom. The summed E-state index contributed by atoms with van der Waals surface area (Å²) in [5, 5.41) is 8.50. The van der Waals surface area contributed by atoms with Crippen molar-refractivity contribution in [3.63, 3.8) is 0 Å². The van der Waals surface area contributed by atoms with Crippen molar-refractivity contribution in [1.29, 1.82) is 0 Å². The predicted octanol–water partition coefficient (Wildman–Crippen LogP) is 2.90. The number of unbranched alkanes of at least 4 members (excludes halogenated alkanes) is 2. The van der Waals surface area contributed by atoms with Crippen molar-refractivity contribution in [2.75, 3.05) is 13.6 Å². The van der Waals surface area contributed by atoms with E-state index in [1.165, 1.54) is 6.07 Å². The Morgan fingerprint density at radius 3 is 2.78 bits per heavy atom. The van der Waals surface area contributed by atoms with Crippen molar-refractivity contribution in [1.82, 2.24) is 4.90 Å². The average molecular weight is 253 g/mol. The van der Waals surface area contributed by atoms with Gasteiger partial charge in [0.1, 0.15) is 5.82 Å². The summed E-state index contributed by atoms with van der Waals surface area (Å²) in [4.78, 5) is 12.4. The molecule has 0 radical (unpaired) electrons. The maximum atomic E-state index is 13.0. The summed E-state index contributed by atoms with van der Waals surface area (Å²) in [6.07, 6.45) is 2.86. The van der Waals surface area contributed by atoms with E-state index < -0.39 is 5.97 Å². The van der Waals surface area contributed by atoms with Crippen LogP contribution in [-0.4, -0.2) is 29.6 Å². The van der Waals surface area contributed by atoms with E-state index in [1.807, 2.05) is 13.1 Å². The molecule has 18 heavy (non-hydrogen) atoms. The minimum Gasteiger partial charge on any atom is -0.481 e. The monoisotopic (exact) mass is 253 g/mol. The van der Waals surface area contributed by atoms with Crippen LogP contribution >= 0.6 is 0 Å². The second-order valence-corrected chi connectivity index (χ2v) is 4.57. The third-order valence-corrected chi connectivity index (χ3v) is 2.77. The SMILES string of the molecule is CN(CCCCCC(=O)O)Cc1cccc(F)c1. The molecule has 1 aromatic carbocycles. The van der Waals surface area contributed by atoms with Gasteiger partial charge in [0.15, 0.2) is 0 Å². The predicted molar refractivity (Wildman–Crippen MR) is 68.8 cm³/mol. The third kappa shape index (κ3) is 6.35. The zero-order chi connectivity index (χ0) is 13.4. The second kappa shape index (κ2) is 7.82. The van der Waals surface area contributed by atoms with Crippen molar-refractivity contribution in [2.45, 2.75) is 32.2 Å². The number of carbonyl (C=O) groups is 1. The molecule has 0 aliphatic carbocycles. The van der Waals surface area contributed by atoms with Crippen LogP contribution in [0.4, 0.5) is 4.39 Å². The van der Waals surface area contributed by atoms with Gasteiger partial charge < -0.3 is 10.0 Å². The Bertz CT molecular complexity index is 382. The molecule has 4 heteroatoms. The van der Waals surface area contributed by atoms with Gasteiger partial charge in [0.2, 0.25) is 0 Å². The van der Waals surface area contributed by atoms with Crippen LogP contribution in [0, 0.1) is 5.82 Å². The number of hydrogen-bond donors (Lipinski definition) is 1.